The Balaban J connectivity index is 2.08. The van der Waals surface area contributed by atoms with Crippen LogP contribution >= 0.6 is 0 Å². The third kappa shape index (κ3) is 5.01. The molecule has 0 saturated carbocycles. The largest absolute Gasteiger partial charge is 0.494 e. The molecule has 1 N–H and O–H groups in total. The lowest BCUT2D eigenvalue weighted by Gasteiger charge is -2.11. The molecule has 2 aromatic carbocycles. The third-order valence-corrected chi connectivity index (χ3v) is 3.31. The zero-order chi connectivity index (χ0) is 17.6. The molecule has 1 amide bonds. The first-order valence-electron chi connectivity index (χ1n) is 7.61. The first-order chi connectivity index (χ1) is 11.4. The second-order valence-corrected chi connectivity index (χ2v) is 5.26. The van der Waals surface area contributed by atoms with E-state index in [1.54, 1.807) is 24.3 Å². The number of rotatable bonds is 6. The van der Waals surface area contributed by atoms with E-state index in [1.165, 1.54) is 12.1 Å². The molecule has 24 heavy (non-hydrogen) atoms. The summed E-state index contributed by atoms with van der Waals surface area (Å²) in [4.78, 5) is 12.2. The number of alkyl halides is 3. The number of unbranched alkanes of at least 4 members (excludes halogenated alkanes) is 1. The molecule has 2 rings (SSSR count). The Morgan fingerprint density at radius 3 is 2.58 bits per heavy atom. The topological polar surface area (TPSA) is 38.3 Å². The van der Waals surface area contributed by atoms with Crippen LogP contribution in [0.2, 0.25) is 0 Å². The number of nitrogens with one attached hydrogen (secondary N) is 1. The van der Waals surface area contributed by atoms with Crippen molar-refractivity contribution in [3.8, 4) is 5.75 Å². The van der Waals surface area contributed by atoms with Gasteiger partial charge in [-0.15, -0.1) is 0 Å². The maximum Gasteiger partial charge on any atom is 0.416 e. The highest BCUT2D eigenvalue weighted by atomic mass is 19.4. The summed E-state index contributed by atoms with van der Waals surface area (Å²) >= 11 is 0. The van der Waals surface area contributed by atoms with E-state index in [0.29, 0.717) is 17.9 Å². The van der Waals surface area contributed by atoms with E-state index in [2.05, 4.69) is 5.32 Å². The van der Waals surface area contributed by atoms with E-state index in [1.807, 2.05) is 6.92 Å². The number of ether oxygens (including phenoxy) is 1. The van der Waals surface area contributed by atoms with Crippen molar-refractivity contribution < 1.29 is 22.7 Å². The summed E-state index contributed by atoms with van der Waals surface area (Å²) in [6.45, 7) is 2.59. The molecule has 0 aliphatic rings. The second kappa shape index (κ2) is 7.86. The SMILES string of the molecule is CCCCOc1cccc(C(=O)Nc2cccc(C(F)(F)F)c2)c1. The summed E-state index contributed by atoms with van der Waals surface area (Å²) in [7, 11) is 0. The minimum absolute atomic E-state index is 0.0899. The second-order valence-electron chi connectivity index (χ2n) is 5.26. The van der Waals surface area contributed by atoms with Crippen molar-refractivity contribution in [2.45, 2.75) is 25.9 Å². The summed E-state index contributed by atoms with van der Waals surface area (Å²) in [6, 6.07) is 11.1. The smallest absolute Gasteiger partial charge is 0.416 e. The maximum atomic E-state index is 12.7. The molecule has 0 saturated heterocycles. The molecule has 6 heteroatoms. The summed E-state index contributed by atoms with van der Waals surface area (Å²) < 4.78 is 43.6. The van der Waals surface area contributed by atoms with Crippen LogP contribution in [-0.2, 0) is 6.18 Å². The number of amides is 1. The predicted molar refractivity (Wildman–Crippen MR) is 86.2 cm³/mol. The van der Waals surface area contributed by atoms with Gasteiger partial charge in [0, 0.05) is 11.3 Å². The number of hydrogen-bond donors (Lipinski definition) is 1. The van der Waals surface area contributed by atoms with E-state index in [4.69, 9.17) is 4.74 Å². The van der Waals surface area contributed by atoms with E-state index >= 15 is 0 Å². The highest BCUT2D eigenvalue weighted by Gasteiger charge is 2.30. The lowest BCUT2D eigenvalue weighted by atomic mass is 10.1. The molecule has 0 unspecified atom stereocenters. The summed E-state index contributed by atoms with van der Waals surface area (Å²) in [5.74, 6) is 0.0652. The van der Waals surface area contributed by atoms with Crippen molar-refractivity contribution in [2.24, 2.45) is 0 Å². The van der Waals surface area contributed by atoms with Crippen LogP contribution in [0, 0.1) is 0 Å². The predicted octanol–water partition coefficient (Wildman–Crippen LogP) is 5.14. The minimum Gasteiger partial charge on any atom is -0.494 e. The van der Waals surface area contributed by atoms with Crippen molar-refractivity contribution >= 4 is 11.6 Å². The van der Waals surface area contributed by atoms with Gasteiger partial charge in [0.05, 0.1) is 12.2 Å². The lowest BCUT2D eigenvalue weighted by Crippen LogP contribution is -2.13. The molecular formula is C18H18F3NO2. The maximum absolute atomic E-state index is 12.7. The molecule has 0 radical (unpaired) electrons. The summed E-state index contributed by atoms with van der Waals surface area (Å²) in [5, 5.41) is 2.47. The Hall–Kier alpha value is -2.50. The Bertz CT molecular complexity index is 699. The van der Waals surface area contributed by atoms with Gasteiger partial charge in [-0.3, -0.25) is 4.79 Å². The molecule has 2 aromatic rings. The van der Waals surface area contributed by atoms with Crippen molar-refractivity contribution in [3.05, 3.63) is 59.7 Å². The van der Waals surface area contributed by atoms with Crippen LogP contribution in [0.25, 0.3) is 0 Å². The number of hydrogen-bond acceptors (Lipinski definition) is 2. The molecule has 0 atom stereocenters. The van der Waals surface area contributed by atoms with Crippen LogP contribution in [0.3, 0.4) is 0 Å². The molecular weight excluding hydrogens is 319 g/mol. The average molecular weight is 337 g/mol. The van der Waals surface area contributed by atoms with Crippen LogP contribution < -0.4 is 10.1 Å². The van der Waals surface area contributed by atoms with Crippen LogP contribution in [0.15, 0.2) is 48.5 Å². The molecule has 0 spiro atoms. The van der Waals surface area contributed by atoms with Gasteiger partial charge in [-0.1, -0.05) is 25.5 Å². The number of anilines is 1. The minimum atomic E-state index is -4.45. The van der Waals surface area contributed by atoms with Crippen LogP contribution in [0.4, 0.5) is 18.9 Å². The van der Waals surface area contributed by atoms with E-state index < -0.39 is 17.6 Å². The fraction of sp³-hybridized carbons (Fsp3) is 0.278. The number of halogens is 3. The van der Waals surface area contributed by atoms with Gasteiger partial charge in [0.15, 0.2) is 0 Å². The lowest BCUT2D eigenvalue weighted by molar-refractivity contribution is -0.137. The summed E-state index contributed by atoms with van der Waals surface area (Å²) in [6.07, 6.45) is -2.55. The standard InChI is InChI=1S/C18H18F3NO2/c1-2-3-10-24-16-9-4-6-13(11-16)17(23)22-15-8-5-7-14(12-15)18(19,20)21/h4-9,11-12H,2-3,10H2,1H3,(H,22,23). The van der Waals surface area contributed by atoms with Gasteiger partial charge in [0.1, 0.15) is 5.75 Å². The molecule has 0 aliphatic heterocycles. The molecule has 3 nitrogen and oxygen atoms in total. The fourth-order valence-electron chi connectivity index (χ4n) is 2.04. The van der Waals surface area contributed by atoms with Crippen LogP contribution in [0.5, 0.6) is 5.75 Å². The van der Waals surface area contributed by atoms with E-state index in [9.17, 15) is 18.0 Å². The molecule has 128 valence electrons. The number of carbonyl (C=O) groups is 1. The molecule has 0 bridgehead atoms. The van der Waals surface area contributed by atoms with Crippen LogP contribution in [-0.4, -0.2) is 12.5 Å². The first kappa shape index (κ1) is 17.8. The number of benzene rings is 2. The monoisotopic (exact) mass is 337 g/mol. The van der Waals surface area contributed by atoms with Gasteiger partial charge in [-0.25, -0.2) is 0 Å². The van der Waals surface area contributed by atoms with Gasteiger partial charge in [0.2, 0.25) is 0 Å². The van der Waals surface area contributed by atoms with Crippen molar-refractivity contribution in [1.29, 1.82) is 0 Å². The molecule has 0 aliphatic carbocycles. The van der Waals surface area contributed by atoms with Gasteiger partial charge in [-0.05, 0) is 42.8 Å². The molecule has 0 aromatic heterocycles. The van der Waals surface area contributed by atoms with Crippen LogP contribution in [0.1, 0.15) is 35.7 Å². The normalized spacial score (nSPS) is 11.2. The van der Waals surface area contributed by atoms with Crippen molar-refractivity contribution in [3.63, 3.8) is 0 Å². The first-order valence-corrected chi connectivity index (χ1v) is 7.61. The van der Waals surface area contributed by atoms with Gasteiger partial charge in [0.25, 0.3) is 5.91 Å². The van der Waals surface area contributed by atoms with E-state index in [-0.39, 0.29) is 5.69 Å². The Morgan fingerprint density at radius 2 is 1.88 bits per heavy atom. The zero-order valence-electron chi connectivity index (χ0n) is 13.2. The number of carbonyl (C=O) groups excluding carboxylic acids is 1. The highest BCUT2D eigenvalue weighted by Crippen LogP contribution is 2.30. The molecule has 0 heterocycles. The molecule has 0 fully saturated rings. The van der Waals surface area contributed by atoms with E-state index in [0.717, 1.165) is 25.0 Å². The average Bonchev–Trinajstić information content (AvgIpc) is 2.55. The van der Waals surface area contributed by atoms with Crippen molar-refractivity contribution in [1.82, 2.24) is 0 Å². The van der Waals surface area contributed by atoms with Gasteiger partial charge in [-0.2, -0.15) is 13.2 Å². The van der Waals surface area contributed by atoms with Gasteiger partial charge < -0.3 is 10.1 Å². The van der Waals surface area contributed by atoms with Gasteiger partial charge >= 0.3 is 6.18 Å². The fourth-order valence-corrected chi connectivity index (χ4v) is 2.04. The highest BCUT2D eigenvalue weighted by molar-refractivity contribution is 6.04. The Kier molecular flexibility index (Phi) is 5.84. The summed E-state index contributed by atoms with van der Waals surface area (Å²) in [5.41, 5.74) is -0.398. The zero-order valence-corrected chi connectivity index (χ0v) is 13.2. The Labute approximate surface area is 138 Å². The van der Waals surface area contributed by atoms with Crippen molar-refractivity contribution in [2.75, 3.05) is 11.9 Å². The Morgan fingerprint density at radius 1 is 1.12 bits per heavy atom. The third-order valence-electron chi connectivity index (χ3n) is 3.31. The quantitative estimate of drug-likeness (QED) is 0.742.